The van der Waals surface area contributed by atoms with Gasteiger partial charge in [0.2, 0.25) is 24.1 Å². The molecule has 2 heterocycles. The highest BCUT2D eigenvalue weighted by atomic mass is 19.2. The Bertz CT molecular complexity index is 853. The molecule has 9 heteroatoms. The van der Waals surface area contributed by atoms with Gasteiger partial charge in [0.1, 0.15) is 11.5 Å². The summed E-state index contributed by atoms with van der Waals surface area (Å²) >= 11 is 0. The lowest BCUT2D eigenvalue weighted by Gasteiger charge is -2.07. The maximum absolute atomic E-state index is 14.0. The third-order valence-corrected chi connectivity index (χ3v) is 3.09. The number of halogens is 3. The number of rotatable bonds is 3. The number of aromatic carboxylic acids is 1. The number of hydrogen-bond donors (Lipinski definition) is 1. The molecule has 1 aromatic carbocycles. The van der Waals surface area contributed by atoms with E-state index in [2.05, 4.69) is 4.98 Å². The number of pyridine rings is 1. The van der Waals surface area contributed by atoms with Gasteiger partial charge in [-0.1, -0.05) is 0 Å². The Balaban J connectivity index is 2.16. The molecule has 0 unspecified atom stereocenters. The van der Waals surface area contributed by atoms with Crippen LogP contribution in [0.1, 0.15) is 26.4 Å². The summed E-state index contributed by atoms with van der Waals surface area (Å²) < 4.78 is 50.5. The van der Waals surface area contributed by atoms with E-state index >= 15 is 0 Å². The lowest BCUT2D eigenvalue weighted by molar-refractivity contribution is 0.0691. The first kappa shape index (κ1) is 14.8. The second kappa shape index (κ2) is 5.27. The van der Waals surface area contributed by atoms with Crippen molar-refractivity contribution in [2.75, 3.05) is 6.79 Å². The van der Waals surface area contributed by atoms with Gasteiger partial charge in [0, 0.05) is 0 Å². The SMILES string of the molecule is O=C(O)c1cc(F)cnc1C(=O)c1cc2c(c(F)c1F)OCO2. The highest BCUT2D eigenvalue weighted by Crippen LogP contribution is 2.38. The summed E-state index contributed by atoms with van der Waals surface area (Å²) in [5, 5.41) is 8.99. The number of aromatic nitrogens is 1. The molecule has 0 bridgehead atoms. The van der Waals surface area contributed by atoms with Crippen molar-refractivity contribution in [3.63, 3.8) is 0 Å². The van der Waals surface area contributed by atoms with Crippen molar-refractivity contribution < 1.29 is 37.3 Å². The Hall–Kier alpha value is -3.10. The van der Waals surface area contributed by atoms with Crippen LogP contribution < -0.4 is 9.47 Å². The average Bonchev–Trinajstić information content (AvgIpc) is 2.98. The van der Waals surface area contributed by atoms with Crippen LogP contribution in [0.4, 0.5) is 13.2 Å². The van der Waals surface area contributed by atoms with Crippen LogP contribution in [0.5, 0.6) is 11.5 Å². The van der Waals surface area contributed by atoms with Gasteiger partial charge in [0.15, 0.2) is 11.6 Å². The fourth-order valence-corrected chi connectivity index (χ4v) is 2.06. The van der Waals surface area contributed by atoms with E-state index in [4.69, 9.17) is 14.6 Å². The van der Waals surface area contributed by atoms with Crippen molar-refractivity contribution in [2.24, 2.45) is 0 Å². The van der Waals surface area contributed by atoms with E-state index in [1.807, 2.05) is 0 Å². The third-order valence-electron chi connectivity index (χ3n) is 3.09. The maximum atomic E-state index is 14.0. The number of hydrogen-bond acceptors (Lipinski definition) is 5. The molecule has 118 valence electrons. The smallest absolute Gasteiger partial charge is 0.338 e. The molecule has 0 amide bonds. The van der Waals surface area contributed by atoms with Gasteiger partial charge in [0.25, 0.3) is 0 Å². The molecule has 1 aromatic heterocycles. The Morgan fingerprint density at radius 2 is 1.83 bits per heavy atom. The number of ether oxygens (including phenoxy) is 2. The van der Waals surface area contributed by atoms with E-state index in [1.54, 1.807) is 0 Å². The van der Waals surface area contributed by atoms with Gasteiger partial charge >= 0.3 is 5.97 Å². The first-order valence-electron chi connectivity index (χ1n) is 6.11. The quantitative estimate of drug-likeness (QED) is 0.871. The first-order chi connectivity index (χ1) is 10.9. The molecule has 0 saturated carbocycles. The second-order valence-corrected chi connectivity index (χ2v) is 4.47. The highest BCUT2D eigenvalue weighted by Gasteiger charge is 2.30. The molecule has 0 spiro atoms. The molecular formula is C14H6F3NO5. The zero-order chi connectivity index (χ0) is 16.7. The van der Waals surface area contributed by atoms with E-state index in [0.29, 0.717) is 12.3 Å². The molecule has 0 radical (unpaired) electrons. The van der Waals surface area contributed by atoms with Crippen LogP contribution in [0.2, 0.25) is 0 Å². The van der Waals surface area contributed by atoms with Crippen molar-refractivity contribution in [3.05, 3.63) is 52.6 Å². The van der Waals surface area contributed by atoms with Crippen LogP contribution in [0, 0.1) is 17.5 Å². The predicted molar refractivity (Wildman–Crippen MR) is 67.1 cm³/mol. The van der Waals surface area contributed by atoms with Gasteiger partial charge in [-0.3, -0.25) is 4.79 Å². The largest absolute Gasteiger partial charge is 0.478 e. The zero-order valence-electron chi connectivity index (χ0n) is 11.1. The summed E-state index contributed by atoms with van der Waals surface area (Å²) in [6.07, 6.45) is 0.598. The number of nitrogens with zero attached hydrogens (tertiary/aromatic N) is 1. The summed E-state index contributed by atoms with van der Waals surface area (Å²) in [6.45, 7) is -0.349. The minimum Gasteiger partial charge on any atom is -0.478 e. The molecule has 0 aliphatic carbocycles. The molecule has 2 aromatic rings. The summed E-state index contributed by atoms with van der Waals surface area (Å²) in [5.41, 5.74) is -2.29. The topological polar surface area (TPSA) is 85.7 Å². The number of carboxylic acid groups (broad SMARTS) is 1. The Morgan fingerprint density at radius 3 is 2.52 bits per heavy atom. The Labute approximate surface area is 126 Å². The minimum atomic E-state index is -1.64. The number of benzene rings is 1. The second-order valence-electron chi connectivity index (χ2n) is 4.47. The van der Waals surface area contributed by atoms with Gasteiger partial charge < -0.3 is 14.6 Å². The summed E-state index contributed by atoms with van der Waals surface area (Å²) in [7, 11) is 0. The molecule has 3 rings (SSSR count). The van der Waals surface area contributed by atoms with E-state index in [0.717, 1.165) is 6.07 Å². The van der Waals surface area contributed by atoms with Crippen molar-refractivity contribution in [2.45, 2.75) is 0 Å². The van der Waals surface area contributed by atoms with Crippen LogP contribution >= 0.6 is 0 Å². The number of carbonyl (C=O) groups excluding carboxylic acids is 1. The van der Waals surface area contributed by atoms with Gasteiger partial charge in [-0.15, -0.1) is 0 Å². The molecule has 0 fully saturated rings. The minimum absolute atomic E-state index is 0.203. The van der Waals surface area contributed by atoms with E-state index in [1.165, 1.54) is 0 Å². The van der Waals surface area contributed by atoms with Gasteiger partial charge in [0.05, 0.1) is 17.3 Å². The normalized spacial score (nSPS) is 12.3. The fourth-order valence-electron chi connectivity index (χ4n) is 2.06. The number of fused-ring (bicyclic) bond motifs is 1. The predicted octanol–water partition coefficient (Wildman–Crippen LogP) is 2.16. The average molecular weight is 325 g/mol. The fraction of sp³-hybridized carbons (Fsp3) is 0.0714. The molecule has 6 nitrogen and oxygen atoms in total. The highest BCUT2D eigenvalue weighted by molar-refractivity contribution is 6.13. The Kier molecular flexibility index (Phi) is 3.40. The van der Waals surface area contributed by atoms with Crippen LogP contribution in [-0.2, 0) is 0 Å². The van der Waals surface area contributed by atoms with Gasteiger partial charge in [-0.05, 0) is 12.1 Å². The lowest BCUT2D eigenvalue weighted by Crippen LogP contribution is -2.14. The molecule has 1 N–H and O–H groups in total. The summed E-state index contributed by atoms with van der Waals surface area (Å²) in [5.74, 6) is -7.52. The number of carbonyl (C=O) groups is 2. The van der Waals surface area contributed by atoms with Gasteiger partial charge in [-0.2, -0.15) is 4.39 Å². The standard InChI is InChI=1S/C14H6F3NO5/c15-5-1-7(14(20)21)11(18-3-5)12(19)6-2-8-13(23-4-22-8)10(17)9(6)16/h1-3H,4H2,(H,20,21). The molecule has 0 saturated heterocycles. The van der Waals surface area contributed by atoms with Gasteiger partial charge in [-0.25, -0.2) is 18.6 Å². The van der Waals surface area contributed by atoms with E-state index < -0.39 is 51.8 Å². The van der Waals surface area contributed by atoms with E-state index in [9.17, 15) is 22.8 Å². The molecule has 23 heavy (non-hydrogen) atoms. The van der Waals surface area contributed by atoms with Crippen LogP contribution in [-0.4, -0.2) is 28.6 Å². The van der Waals surface area contributed by atoms with Crippen LogP contribution in [0.3, 0.4) is 0 Å². The molecule has 0 atom stereocenters. The van der Waals surface area contributed by atoms with Crippen molar-refractivity contribution >= 4 is 11.8 Å². The van der Waals surface area contributed by atoms with Crippen LogP contribution in [0.15, 0.2) is 18.3 Å². The molecular weight excluding hydrogens is 319 g/mol. The first-order valence-corrected chi connectivity index (χ1v) is 6.11. The number of carboxylic acids is 1. The zero-order valence-corrected chi connectivity index (χ0v) is 11.1. The Morgan fingerprint density at radius 1 is 1.09 bits per heavy atom. The molecule has 1 aliphatic rings. The lowest BCUT2D eigenvalue weighted by atomic mass is 10.0. The third kappa shape index (κ3) is 2.35. The monoisotopic (exact) mass is 325 g/mol. The van der Waals surface area contributed by atoms with Crippen molar-refractivity contribution in [1.29, 1.82) is 0 Å². The molecule has 1 aliphatic heterocycles. The summed E-state index contributed by atoms with van der Waals surface area (Å²) in [4.78, 5) is 26.8. The van der Waals surface area contributed by atoms with E-state index in [-0.39, 0.29) is 12.5 Å². The van der Waals surface area contributed by atoms with Crippen molar-refractivity contribution in [3.8, 4) is 11.5 Å². The van der Waals surface area contributed by atoms with Crippen LogP contribution in [0.25, 0.3) is 0 Å². The summed E-state index contributed by atoms with van der Waals surface area (Å²) in [6, 6.07) is 1.43. The van der Waals surface area contributed by atoms with Crippen molar-refractivity contribution in [1.82, 2.24) is 4.98 Å². The number of ketones is 1. The maximum Gasteiger partial charge on any atom is 0.338 e.